The van der Waals surface area contributed by atoms with E-state index in [0.29, 0.717) is 0 Å². The topological polar surface area (TPSA) is 19.7 Å². The first-order valence-electron chi connectivity index (χ1n) is 38.0. The molecule has 8 heteroatoms. The fourth-order valence-electron chi connectivity index (χ4n) is 19.4. The predicted molar refractivity (Wildman–Crippen MR) is 466 cm³/mol. The molecule has 8 heterocycles. The molecule has 0 radical (unpaired) electrons. The summed E-state index contributed by atoms with van der Waals surface area (Å²) in [6, 6.07) is 133. The monoisotopic (exact) mass is 1370 g/mol. The Hall–Kier alpha value is -13.0. The summed E-state index contributed by atoms with van der Waals surface area (Å²) < 4.78 is 9.90. The maximum Gasteiger partial charge on any atom is 0.247 e. The molecule has 24 rings (SSSR count). The van der Waals surface area contributed by atoms with E-state index in [4.69, 9.17) is 0 Å². The highest BCUT2D eigenvalue weighted by molar-refractivity contribution is 7.00. The number of nitrogens with zero attached hydrogens (tertiary/aromatic N) is 4. The van der Waals surface area contributed by atoms with Crippen LogP contribution in [0.5, 0.6) is 0 Å². The number of benzene rings is 16. The third-order valence-electron chi connectivity index (χ3n) is 23.8. The number of para-hydroxylation sites is 9. The predicted octanol–water partition coefficient (Wildman–Crippen LogP) is 15.7. The molecule has 108 heavy (non-hydrogen) atoms. The lowest BCUT2D eigenvalue weighted by Gasteiger charge is -2.28. The third-order valence-corrected chi connectivity index (χ3v) is 23.8. The molecule has 16 aromatic carbocycles. The minimum absolute atomic E-state index is 0.265. The van der Waals surface area contributed by atoms with Crippen molar-refractivity contribution in [3.63, 3.8) is 0 Å². The van der Waals surface area contributed by atoms with Crippen LogP contribution in [0, 0.1) is 27.7 Å². The molecule has 0 atom stereocenters. The largest absolute Gasteiger partial charge is 0.310 e. The van der Waals surface area contributed by atoms with E-state index in [9.17, 15) is 0 Å². The zero-order valence-corrected chi connectivity index (χ0v) is 60.7. The molecule has 20 aromatic rings. The van der Waals surface area contributed by atoms with Crippen LogP contribution in [0.25, 0.3) is 110 Å². The van der Waals surface area contributed by atoms with Gasteiger partial charge in [0.15, 0.2) is 0 Å². The van der Waals surface area contributed by atoms with E-state index < -0.39 is 0 Å². The lowest BCUT2D eigenvalue weighted by atomic mass is 9.35. The molecule has 0 spiro atoms. The molecule has 0 amide bonds. The summed E-state index contributed by atoms with van der Waals surface area (Å²) in [7, 11) is 0. The second-order valence-electron chi connectivity index (χ2n) is 29.9. The standard InChI is InChI=1S/4C25H18BN/c1-17-9-7-16-23-24(17)26(18-10-3-2-4-11-18)21-14-8-13-20-19-12-5-6-15-22(19)27(23)25(20)21;1-17-9-7-14-21-24(17)27-23-16-6-5-12-19(23)20-13-8-15-22(25(20)27)26(21)18-10-3-2-4-11-18;1-17-14-15-21-24(16-17)27-23-13-6-5-10-19(23)20-11-7-12-22(25(20)27)26(21)18-8-3-2-4-9-18;1-17-14-15-24-22(16-17)26(18-8-3-2-4-9-18)21-12-7-11-20-19-10-5-6-13-23(19)27(24)25(20)21/h4*2-16H,1H3. The Morgan fingerprint density at radius 2 is 0.519 bits per heavy atom. The summed E-state index contributed by atoms with van der Waals surface area (Å²) in [5.74, 6) is 0. The summed E-state index contributed by atoms with van der Waals surface area (Å²) >= 11 is 0. The van der Waals surface area contributed by atoms with Gasteiger partial charge in [0.25, 0.3) is 0 Å². The van der Waals surface area contributed by atoms with Crippen molar-refractivity contribution in [2.45, 2.75) is 27.7 Å². The van der Waals surface area contributed by atoms with E-state index in [1.165, 1.54) is 198 Å². The van der Waals surface area contributed by atoms with E-state index in [2.05, 4.69) is 410 Å². The fourth-order valence-corrected chi connectivity index (χ4v) is 19.4. The highest BCUT2D eigenvalue weighted by atomic mass is 15.0. The Kier molecular flexibility index (Phi) is 14.9. The van der Waals surface area contributed by atoms with Crippen molar-refractivity contribution in [2.75, 3.05) is 0 Å². The zero-order valence-electron chi connectivity index (χ0n) is 60.7. The van der Waals surface area contributed by atoms with Crippen molar-refractivity contribution >= 4 is 180 Å². The van der Waals surface area contributed by atoms with Crippen molar-refractivity contribution < 1.29 is 0 Å². The van der Waals surface area contributed by atoms with E-state index in [0.717, 1.165) is 0 Å². The van der Waals surface area contributed by atoms with Gasteiger partial charge in [0.1, 0.15) is 0 Å². The van der Waals surface area contributed by atoms with Gasteiger partial charge in [-0.3, -0.25) is 0 Å². The molecular weight excluding hydrogens is 1300 g/mol. The Morgan fingerprint density at radius 1 is 0.194 bits per heavy atom. The van der Waals surface area contributed by atoms with Crippen LogP contribution in [0.2, 0.25) is 0 Å². The SMILES string of the molecule is Cc1ccc2c(c1)-n1c3ccccc3c3cccc(c31)B2c1ccccc1.Cc1ccc2c(c1)B(c1ccccc1)c1cccc3c4ccccc4n-2c13.Cc1cccc2c1-n1c3ccccc3c3cccc(c31)B2c1ccccc1.Cc1cccc2c1B(c1ccccc1)c1cccc3c4ccccc4n-2c13. The second kappa shape index (κ2) is 25.4. The van der Waals surface area contributed by atoms with Crippen molar-refractivity contribution in [3.05, 3.63) is 386 Å². The van der Waals surface area contributed by atoms with E-state index in [1.54, 1.807) is 0 Å². The lowest BCUT2D eigenvalue weighted by molar-refractivity contribution is 1.16. The van der Waals surface area contributed by atoms with Crippen LogP contribution in [0.4, 0.5) is 0 Å². The Bertz CT molecular complexity index is 6890. The molecule has 504 valence electrons. The van der Waals surface area contributed by atoms with Gasteiger partial charge >= 0.3 is 0 Å². The van der Waals surface area contributed by atoms with Crippen LogP contribution in [-0.4, -0.2) is 45.1 Å². The van der Waals surface area contributed by atoms with E-state index in [-0.39, 0.29) is 26.9 Å². The van der Waals surface area contributed by atoms with Gasteiger partial charge in [-0.1, -0.05) is 354 Å². The lowest BCUT2D eigenvalue weighted by Crippen LogP contribution is -2.56. The van der Waals surface area contributed by atoms with Gasteiger partial charge in [-0.15, -0.1) is 0 Å². The van der Waals surface area contributed by atoms with Gasteiger partial charge in [-0.05, 0) is 125 Å². The molecule has 0 saturated heterocycles. The zero-order chi connectivity index (χ0) is 71.8. The smallest absolute Gasteiger partial charge is 0.247 e. The van der Waals surface area contributed by atoms with Crippen molar-refractivity contribution in [3.8, 4) is 22.7 Å². The van der Waals surface area contributed by atoms with Crippen LogP contribution in [0.1, 0.15) is 22.3 Å². The minimum Gasteiger partial charge on any atom is -0.310 e. The van der Waals surface area contributed by atoms with Gasteiger partial charge < -0.3 is 18.3 Å². The molecule has 4 aromatic heterocycles. The normalized spacial score (nSPS) is 12.6. The first kappa shape index (κ1) is 63.5. The third kappa shape index (κ3) is 9.69. The second-order valence-corrected chi connectivity index (χ2v) is 29.9. The number of aryl methyl sites for hydroxylation is 4. The molecule has 0 aliphatic carbocycles. The summed E-state index contributed by atoms with van der Waals surface area (Å²) in [6.45, 7) is 9.91. The summed E-state index contributed by atoms with van der Waals surface area (Å²) in [4.78, 5) is 0. The van der Waals surface area contributed by atoms with Gasteiger partial charge in [-0.2, -0.15) is 0 Å². The fraction of sp³-hybridized carbons (Fsp3) is 0.0400. The molecule has 4 aliphatic rings. The average Bonchev–Trinajstić information content (AvgIpc) is 1.48. The Labute approximate surface area is 630 Å². The molecule has 4 nitrogen and oxygen atoms in total. The minimum atomic E-state index is 0.265. The summed E-state index contributed by atoms with van der Waals surface area (Å²) in [6.07, 6.45) is 0. The average molecular weight is 1370 g/mol. The molecule has 0 bridgehead atoms. The first-order valence-corrected chi connectivity index (χ1v) is 38.0. The number of rotatable bonds is 4. The summed E-state index contributed by atoms with van der Waals surface area (Å²) in [5, 5.41) is 10.7. The summed E-state index contributed by atoms with van der Waals surface area (Å²) in [5.41, 5.74) is 37.7. The van der Waals surface area contributed by atoms with Crippen LogP contribution in [-0.2, 0) is 0 Å². The molecule has 0 unspecified atom stereocenters. The Balaban J connectivity index is 0.0000000919. The van der Waals surface area contributed by atoms with Gasteiger partial charge in [0.05, 0.1) is 22.1 Å². The van der Waals surface area contributed by atoms with Crippen molar-refractivity contribution in [1.82, 2.24) is 18.3 Å². The van der Waals surface area contributed by atoms with Gasteiger partial charge in [-0.25, -0.2) is 0 Å². The highest BCUT2D eigenvalue weighted by Gasteiger charge is 2.38. The molecule has 0 fully saturated rings. The Morgan fingerprint density at radius 3 is 1.00 bits per heavy atom. The van der Waals surface area contributed by atoms with Crippen LogP contribution >= 0.6 is 0 Å². The maximum absolute atomic E-state index is 2.49. The quantitative estimate of drug-likeness (QED) is 0.157. The number of hydrogen-bond acceptors (Lipinski definition) is 0. The molecule has 0 saturated carbocycles. The first-order chi connectivity index (χ1) is 53.3. The van der Waals surface area contributed by atoms with E-state index >= 15 is 0 Å². The molecule has 0 N–H and O–H groups in total. The number of hydrogen-bond donors (Lipinski definition) is 0. The number of aromatic nitrogens is 4. The van der Waals surface area contributed by atoms with Crippen LogP contribution in [0.3, 0.4) is 0 Å². The van der Waals surface area contributed by atoms with Gasteiger partial charge in [0.2, 0.25) is 26.9 Å². The van der Waals surface area contributed by atoms with Gasteiger partial charge in [0, 0.05) is 87.9 Å². The van der Waals surface area contributed by atoms with Crippen molar-refractivity contribution in [2.24, 2.45) is 0 Å². The molecular formula is C100H72B4N4. The number of fused-ring (bicyclic) bond motifs is 20. The van der Waals surface area contributed by atoms with Crippen LogP contribution < -0.4 is 65.6 Å². The maximum atomic E-state index is 2.49. The molecule has 4 aliphatic heterocycles. The highest BCUT2D eigenvalue weighted by Crippen LogP contribution is 2.38. The van der Waals surface area contributed by atoms with Crippen LogP contribution in [0.15, 0.2) is 364 Å². The van der Waals surface area contributed by atoms with Crippen molar-refractivity contribution in [1.29, 1.82) is 0 Å². The van der Waals surface area contributed by atoms with E-state index in [1.807, 2.05) is 0 Å².